The lowest BCUT2D eigenvalue weighted by molar-refractivity contribution is 0.577. The number of halogens is 1. The second-order valence-corrected chi connectivity index (χ2v) is 8.57. The molecule has 1 fully saturated rings. The van der Waals surface area contributed by atoms with Gasteiger partial charge in [-0.15, -0.1) is 0 Å². The molecular formula is C25H27FN4. The number of hydrogen-bond acceptors (Lipinski definition) is 3. The van der Waals surface area contributed by atoms with Crippen molar-refractivity contribution >= 4 is 27.6 Å². The minimum atomic E-state index is -0.228. The first-order valence-electron chi connectivity index (χ1n) is 10.6. The van der Waals surface area contributed by atoms with Crippen molar-refractivity contribution in [3.63, 3.8) is 0 Å². The zero-order chi connectivity index (χ0) is 20.8. The molecule has 0 amide bonds. The van der Waals surface area contributed by atoms with Crippen LogP contribution in [0.3, 0.4) is 0 Å². The van der Waals surface area contributed by atoms with E-state index in [-0.39, 0.29) is 11.9 Å². The molecule has 4 aromatic rings. The molecule has 0 bridgehead atoms. The summed E-state index contributed by atoms with van der Waals surface area (Å²) < 4.78 is 16.0. The number of pyridine rings is 1. The van der Waals surface area contributed by atoms with Crippen LogP contribution in [0.5, 0.6) is 0 Å². The van der Waals surface area contributed by atoms with Gasteiger partial charge in [-0.1, -0.05) is 18.2 Å². The fourth-order valence-corrected chi connectivity index (χ4v) is 4.84. The second-order valence-electron chi connectivity index (χ2n) is 8.57. The molecule has 1 aliphatic carbocycles. The maximum Gasteiger partial charge on any atom is 0.130 e. The Labute approximate surface area is 176 Å². The summed E-state index contributed by atoms with van der Waals surface area (Å²) >= 11 is 0. The summed E-state index contributed by atoms with van der Waals surface area (Å²) in [6, 6.07) is 18.2. The molecule has 5 heteroatoms. The summed E-state index contributed by atoms with van der Waals surface area (Å²) in [6.07, 6.45) is 3.06. The van der Waals surface area contributed by atoms with E-state index < -0.39 is 0 Å². The number of aryl methyl sites for hydroxylation is 2. The van der Waals surface area contributed by atoms with E-state index in [1.165, 1.54) is 22.7 Å². The molecule has 154 valence electrons. The Morgan fingerprint density at radius 1 is 1.13 bits per heavy atom. The molecule has 2 N–H and O–H groups in total. The third-order valence-electron chi connectivity index (χ3n) is 6.53. The number of hydrogen-bond donors (Lipinski definition) is 1. The Bertz CT molecular complexity index is 1230. The normalized spacial score (nSPS) is 19.1. The lowest BCUT2D eigenvalue weighted by Gasteiger charge is -2.31. The van der Waals surface area contributed by atoms with Crippen LogP contribution in [0.4, 0.5) is 10.2 Å². The van der Waals surface area contributed by atoms with Crippen LogP contribution < -0.4 is 10.6 Å². The highest BCUT2D eigenvalue weighted by atomic mass is 19.1. The van der Waals surface area contributed by atoms with Gasteiger partial charge in [0.2, 0.25) is 0 Å². The van der Waals surface area contributed by atoms with Crippen molar-refractivity contribution in [1.82, 2.24) is 9.55 Å². The third kappa shape index (κ3) is 3.33. The minimum absolute atomic E-state index is 0.228. The van der Waals surface area contributed by atoms with E-state index in [4.69, 9.17) is 10.7 Å². The summed E-state index contributed by atoms with van der Waals surface area (Å²) in [5, 5.41) is 2.11. The maximum absolute atomic E-state index is 13.7. The second kappa shape index (κ2) is 7.40. The van der Waals surface area contributed by atoms with Crippen molar-refractivity contribution in [3.05, 3.63) is 71.7 Å². The van der Waals surface area contributed by atoms with E-state index in [0.717, 1.165) is 48.1 Å². The van der Waals surface area contributed by atoms with Gasteiger partial charge in [-0.2, -0.15) is 0 Å². The summed E-state index contributed by atoms with van der Waals surface area (Å²) in [4.78, 5) is 7.34. The lowest BCUT2D eigenvalue weighted by atomic mass is 10.1. The Morgan fingerprint density at radius 2 is 1.97 bits per heavy atom. The average molecular weight is 403 g/mol. The zero-order valence-corrected chi connectivity index (χ0v) is 17.5. The Kier molecular flexibility index (Phi) is 4.70. The van der Waals surface area contributed by atoms with Gasteiger partial charge in [0, 0.05) is 35.7 Å². The number of fused-ring (bicyclic) bond motifs is 2. The van der Waals surface area contributed by atoms with Gasteiger partial charge in [-0.25, -0.2) is 9.37 Å². The highest BCUT2D eigenvalue weighted by Crippen LogP contribution is 2.32. The van der Waals surface area contributed by atoms with Crippen LogP contribution in [0, 0.1) is 12.7 Å². The van der Waals surface area contributed by atoms with Crippen LogP contribution in [0.15, 0.2) is 54.6 Å². The molecule has 4 nitrogen and oxygen atoms in total. The molecule has 2 heterocycles. The van der Waals surface area contributed by atoms with Gasteiger partial charge in [0.15, 0.2) is 0 Å². The largest absolute Gasteiger partial charge is 0.348 e. The van der Waals surface area contributed by atoms with Crippen molar-refractivity contribution in [2.75, 3.05) is 4.90 Å². The lowest BCUT2D eigenvalue weighted by Crippen LogP contribution is -2.35. The van der Waals surface area contributed by atoms with Gasteiger partial charge in [-0.3, -0.25) is 0 Å². The highest BCUT2D eigenvalue weighted by molar-refractivity contribution is 5.84. The van der Waals surface area contributed by atoms with Crippen molar-refractivity contribution in [3.8, 4) is 0 Å². The highest BCUT2D eigenvalue weighted by Gasteiger charge is 2.29. The van der Waals surface area contributed by atoms with E-state index in [2.05, 4.69) is 52.9 Å². The molecule has 5 rings (SSSR count). The van der Waals surface area contributed by atoms with Crippen LogP contribution in [-0.4, -0.2) is 21.6 Å². The quantitative estimate of drug-likeness (QED) is 0.519. The molecule has 0 unspecified atom stereocenters. The first kappa shape index (κ1) is 19.1. The fraction of sp³-hybridized carbons (Fsp3) is 0.320. The first-order valence-corrected chi connectivity index (χ1v) is 10.6. The van der Waals surface area contributed by atoms with Crippen LogP contribution >= 0.6 is 0 Å². The van der Waals surface area contributed by atoms with Gasteiger partial charge < -0.3 is 15.2 Å². The summed E-state index contributed by atoms with van der Waals surface area (Å²) in [5.41, 5.74) is 10.6. The van der Waals surface area contributed by atoms with Crippen molar-refractivity contribution < 1.29 is 4.39 Å². The number of aromatic nitrogens is 2. The van der Waals surface area contributed by atoms with Crippen molar-refractivity contribution in [1.29, 1.82) is 0 Å². The molecule has 0 radical (unpaired) electrons. The number of nitrogens with two attached hydrogens (primary N) is 1. The first-order chi connectivity index (χ1) is 14.5. The molecule has 2 atom stereocenters. The summed E-state index contributed by atoms with van der Waals surface area (Å²) in [5.74, 6) is 0.713. The van der Waals surface area contributed by atoms with Gasteiger partial charge in [0.1, 0.15) is 11.6 Å². The SMILES string of the molecule is Cc1cc(N(Cc2cc3ccccc3n2C)[C@H]2CC[C@H](N)C2)nc2ccc(F)cc12. The van der Waals surface area contributed by atoms with Crippen LogP contribution in [0.2, 0.25) is 0 Å². The number of benzene rings is 2. The van der Waals surface area contributed by atoms with E-state index >= 15 is 0 Å². The predicted molar refractivity (Wildman–Crippen MR) is 121 cm³/mol. The third-order valence-corrected chi connectivity index (χ3v) is 6.53. The molecular weight excluding hydrogens is 375 g/mol. The monoisotopic (exact) mass is 402 g/mol. The molecule has 30 heavy (non-hydrogen) atoms. The molecule has 1 saturated carbocycles. The molecule has 0 spiro atoms. The van der Waals surface area contributed by atoms with E-state index in [9.17, 15) is 4.39 Å². The average Bonchev–Trinajstić information content (AvgIpc) is 3.30. The topological polar surface area (TPSA) is 47.1 Å². The van der Waals surface area contributed by atoms with Gasteiger partial charge in [0.05, 0.1) is 12.1 Å². The smallest absolute Gasteiger partial charge is 0.130 e. The summed E-state index contributed by atoms with van der Waals surface area (Å²) in [6.45, 7) is 2.80. The van der Waals surface area contributed by atoms with Crippen molar-refractivity contribution in [2.45, 2.75) is 44.8 Å². The van der Waals surface area contributed by atoms with Crippen LogP contribution in [0.1, 0.15) is 30.5 Å². The fourth-order valence-electron chi connectivity index (χ4n) is 4.84. The number of anilines is 1. The predicted octanol–water partition coefficient (Wildman–Crippen LogP) is 5.06. The van der Waals surface area contributed by atoms with E-state index in [0.29, 0.717) is 6.04 Å². The molecule has 0 saturated heterocycles. The van der Waals surface area contributed by atoms with E-state index in [1.807, 2.05) is 6.92 Å². The molecule has 2 aromatic heterocycles. The standard InChI is InChI=1S/C25H27FN4/c1-16-11-25(28-23-10-7-18(26)13-22(16)23)30(20-9-8-19(27)14-20)15-21-12-17-5-3-4-6-24(17)29(21)2/h3-7,10-13,19-20H,8-9,14-15,27H2,1-2H3/t19-,20-/m0/s1. The maximum atomic E-state index is 13.7. The molecule has 1 aliphatic rings. The van der Waals surface area contributed by atoms with Crippen LogP contribution in [-0.2, 0) is 13.6 Å². The Hall–Kier alpha value is -2.92. The van der Waals surface area contributed by atoms with E-state index in [1.54, 1.807) is 12.1 Å². The Morgan fingerprint density at radius 3 is 2.73 bits per heavy atom. The van der Waals surface area contributed by atoms with Gasteiger partial charge in [-0.05, 0) is 73.5 Å². The summed E-state index contributed by atoms with van der Waals surface area (Å²) in [7, 11) is 2.12. The zero-order valence-electron chi connectivity index (χ0n) is 17.5. The van der Waals surface area contributed by atoms with Crippen molar-refractivity contribution in [2.24, 2.45) is 12.8 Å². The number of rotatable bonds is 4. The van der Waals surface area contributed by atoms with Crippen LogP contribution in [0.25, 0.3) is 21.8 Å². The molecule has 0 aliphatic heterocycles. The van der Waals surface area contributed by atoms with Gasteiger partial charge >= 0.3 is 0 Å². The van der Waals surface area contributed by atoms with Gasteiger partial charge in [0.25, 0.3) is 0 Å². The minimum Gasteiger partial charge on any atom is -0.348 e. The Balaban J connectivity index is 1.59. The number of nitrogens with zero attached hydrogens (tertiary/aromatic N) is 3. The molecule has 2 aromatic carbocycles. The number of para-hydroxylation sites is 1.